The van der Waals surface area contributed by atoms with Gasteiger partial charge >= 0.3 is 0 Å². The fourth-order valence-corrected chi connectivity index (χ4v) is 2.79. The maximum Gasteiger partial charge on any atom is 0.107 e. The molecule has 0 N–H and O–H groups in total. The predicted molar refractivity (Wildman–Crippen MR) is 62.3 cm³/mol. The number of ether oxygens (including phenoxy) is 1. The van der Waals surface area contributed by atoms with E-state index in [0.29, 0.717) is 6.42 Å². The van der Waals surface area contributed by atoms with Gasteiger partial charge in [-0.15, -0.1) is 11.3 Å². The van der Waals surface area contributed by atoms with Crippen molar-refractivity contribution < 1.29 is 4.74 Å². The van der Waals surface area contributed by atoms with Crippen LogP contribution in [-0.2, 0) is 17.7 Å². The number of nitrogens with zero attached hydrogens (tertiary/aromatic N) is 3. The van der Waals surface area contributed by atoms with Crippen molar-refractivity contribution in [3.8, 4) is 6.07 Å². The van der Waals surface area contributed by atoms with Crippen molar-refractivity contribution in [3.05, 3.63) is 15.6 Å². The summed E-state index contributed by atoms with van der Waals surface area (Å²) in [4.78, 5) is 7.96. The van der Waals surface area contributed by atoms with Crippen LogP contribution in [0.1, 0.15) is 15.6 Å². The number of thiazole rings is 1. The molecule has 16 heavy (non-hydrogen) atoms. The van der Waals surface area contributed by atoms with Gasteiger partial charge in [0.2, 0.25) is 0 Å². The Hall–Kier alpha value is -0.960. The molecule has 5 heteroatoms. The minimum atomic E-state index is 0.479. The fraction of sp³-hybridized carbons (Fsp3) is 0.636. The fourth-order valence-electron chi connectivity index (χ4n) is 1.74. The number of rotatable bonds is 3. The quantitative estimate of drug-likeness (QED) is 0.796. The average molecular weight is 237 g/mol. The maximum atomic E-state index is 8.68. The first-order valence-corrected chi connectivity index (χ1v) is 6.23. The number of hydrogen-bond acceptors (Lipinski definition) is 5. The lowest BCUT2D eigenvalue weighted by Gasteiger charge is -2.25. The molecule has 2 rings (SSSR count). The van der Waals surface area contributed by atoms with E-state index in [1.165, 1.54) is 0 Å². The molecular weight excluding hydrogens is 222 g/mol. The Morgan fingerprint density at radius 1 is 1.50 bits per heavy atom. The Labute approximate surface area is 99.5 Å². The molecule has 1 saturated heterocycles. The van der Waals surface area contributed by atoms with Crippen molar-refractivity contribution in [2.45, 2.75) is 19.9 Å². The molecule has 0 aliphatic carbocycles. The number of aromatic nitrogens is 1. The van der Waals surface area contributed by atoms with E-state index in [4.69, 9.17) is 10.00 Å². The zero-order valence-electron chi connectivity index (χ0n) is 9.40. The molecule has 0 saturated carbocycles. The minimum absolute atomic E-state index is 0.479. The summed E-state index contributed by atoms with van der Waals surface area (Å²) in [5.74, 6) is 0. The first-order valence-electron chi connectivity index (χ1n) is 5.42. The van der Waals surface area contributed by atoms with Crippen LogP contribution in [0.4, 0.5) is 0 Å². The molecule has 1 aliphatic heterocycles. The minimum Gasteiger partial charge on any atom is -0.379 e. The van der Waals surface area contributed by atoms with Crippen molar-refractivity contribution in [2.24, 2.45) is 0 Å². The van der Waals surface area contributed by atoms with E-state index in [9.17, 15) is 0 Å². The summed E-state index contributed by atoms with van der Waals surface area (Å²) in [5.41, 5.74) is 1.01. The normalized spacial score (nSPS) is 17.2. The highest BCUT2D eigenvalue weighted by molar-refractivity contribution is 7.11. The molecule has 0 radical (unpaired) electrons. The van der Waals surface area contributed by atoms with E-state index < -0.39 is 0 Å². The third-order valence-corrected chi connectivity index (χ3v) is 3.78. The Balaban J connectivity index is 1.98. The van der Waals surface area contributed by atoms with E-state index in [2.05, 4.69) is 16.0 Å². The van der Waals surface area contributed by atoms with E-state index in [1.807, 2.05) is 6.92 Å². The lowest BCUT2D eigenvalue weighted by atomic mass is 10.3. The molecule has 1 aliphatic rings. The van der Waals surface area contributed by atoms with Gasteiger partial charge in [0.25, 0.3) is 0 Å². The van der Waals surface area contributed by atoms with E-state index in [-0.39, 0.29) is 0 Å². The van der Waals surface area contributed by atoms with Gasteiger partial charge in [0, 0.05) is 18.0 Å². The van der Waals surface area contributed by atoms with Crippen LogP contribution in [0.15, 0.2) is 0 Å². The number of aryl methyl sites for hydroxylation is 1. The van der Waals surface area contributed by atoms with Crippen molar-refractivity contribution in [1.82, 2.24) is 9.88 Å². The van der Waals surface area contributed by atoms with Crippen molar-refractivity contribution >= 4 is 11.3 Å². The van der Waals surface area contributed by atoms with Gasteiger partial charge in [0.05, 0.1) is 37.9 Å². The van der Waals surface area contributed by atoms with Gasteiger partial charge in [0.1, 0.15) is 5.01 Å². The highest BCUT2D eigenvalue weighted by Crippen LogP contribution is 2.20. The van der Waals surface area contributed by atoms with Crippen LogP contribution < -0.4 is 0 Å². The molecule has 1 fully saturated rings. The Morgan fingerprint density at radius 3 is 2.94 bits per heavy atom. The molecule has 0 atom stereocenters. The lowest BCUT2D eigenvalue weighted by molar-refractivity contribution is 0.0341. The lowest BCUT2D eigenvalue weighted by Crippen LogP contribution is -2.35. The second-order valence-electron chi connectivity index (χ2n) is 3.84. The van der Waals surface area contributed by atoms with E-state index in [1.54, 1.807) is 11.3 Å². The summed E-state index contributed by atoms with van der Waals surface area (Å²) in [6.45, 7) is 6.45. The molecule has 0 aromatic carbocycles. The third kappa shape index (κ3) is 2.79. The highest BCUT2D eigenvalue weighted by atomic mass is 32.1. The van der Waals surface area contributed by atoms with E-state index >= 15 is 0 Å². The summed E-state index contributed by atoms with van der Waals surface area (Å²) < 4.78 is 5.30. The molecule has 1 aromatic heterocycles. The van der Waals surface area contributed by atoms with Gasteiger partial charge < -0.3 is 4.74 Å². The third-order valence-electron chi connectivity index (χ3n) is 2.64. The van der Waals surface area contributed by atoms with Gasteiger partial charge in [-0.2, -0.15) is 5.26 Å². The molecule has 0 spiro atoms. The number of hydrogen-bond donors (Lipinski definition) is 0. The van der Waals surface area contributed by atoms with Gasteiger partial charge in [-0.3, -0.25) is 4.90 Å². The van der Waals surface area contributed by atoms with Crippen molar-refractivity contribution in [3.63, 3.8) is 0 Å². The molecule has 1 aromatic rings. The first-order chi connectivity index (χ1) is 7.79. The predicted octanol–water partition coefficient (Wildman–Crippen LogP) is 1.35. The summed E-state index contributed by atoms with van der Waals surface area (Å²) in [6, 6.07) is 2.18. The standard InChI is InChI=1S/C11H15N3OS/c1-9-10(2-3-12)16-11(13-9)8-14-4-6-15-7-5-14/h2,4-8H2,1H3. The molecule has 0 bridgehead atoms. The maximum absolute atomic E-state index is 8.68. The SMILES string of the molecule is Cc1nc(CN2CCOCC2)sc1CC#N. The van der Waals surface area contributed by atoms with Crippen LogP contribution in [0.3, 0.4) is 0 Å². The Bertz CT molecular complexity index is 390. The molecule has 86 valence electrons. The Kier molecular flexibility index (Phi) is 3.88. The van der Waals surface area contributed by atoms with Crippen LogP contribution in [0, 0.1) is 18.3 Å². The largest absolute Gasteiger partial charge is 0.379 e. The van der Waals surface area contributed by atoms with Crippen LogP contribution in [-0.4, -0.2) is 36.2 Å². The summed E-state index contributed by atoms with van der Waals surface area (Å²) in [6.07, 6.45) is 0.479. The smallest absolute Gasteiger partial charge is 0.107 e. The van der Waals surface area contributed by atoms with Crippen molar-refractivity contribution in [1.29, 1.82) is 5.26 Å². The molecule has 2 heterocycles. The van der Waals surface area contributed by atoms with Crippen LogP contribution in [0.5, 0.6) is 0 Å². The summed E-state index contributed by atoms with van der Waals surface area (Å²) in [7, 11) is 0. The number of morpholine rings is 1. The zero-order valence-corrected chi connectivity index (χ0v) is 10.2. The monoisotopic (exact) mass is 237 g/mol. The van der Waals surface area contributed by atoms with Crippen molar-refractivity contribution in [2.75, 3.05) is 26.3 Å². The highest BCUT2D eigenvalue weighted by Gasteiger charge is 2.14. The topological polar surface area (TPSA) is 49.2 Å². The average Bonchev–Trinajstić information content (AvgIpc) is 2.61. The van der Waals surface area contributed by atoms with Crippen LogP contribution >= 0.6 is 11.3 Å². The molecule has 4 nitrogen and oxygen atoms in total. The van der Waals surface area contributed by atoms with Gasteiger partial charge in [0.15, 0.2) is 0 Å². The van der Waals surface area contributed by atoms with Crippen LogP contribution in [0.25, 0.3) is 0 Å². The molecule has 0 amide bonds. The molecular formula is C11H15N3OS. The Morgan fingerprint density at radius 2 is 2.25 bits per heavy atom. The second kappa shape index (κ2) is 5.39. The summed E-state index contributed by atoms with van der Waals surface area (Å²) in [5, 5.41) is 9.79. The van der Waals surface area contributed by atoms with Gasteiger partial charge in [-0.25, -0.2) is 4.98 Å². The first kappa shape index (κ1) is 11.5. The van der Waals surface area contributed by atoms with Gasteiger partial charge in [-0.05, 0) is 6.92 Å². The second-order valence-corrected chi connectivity index (χ2v) is 5.01. The number of nitriles is 1. The zero-order chi connectivity index (χ0) is 11.4. The summed E-state index contributed by atoms with van der Waals surface area (Å²) >= 11 is 1.66. The van der Waals surface area contributed by atoms with Gasteiger partial charge in [-0.1, -0.05) is 0 Å². The van der Waals surface area contributed by atoms with Crippen LogP contribution in [0.2, 0.25) is 0 Å². The van der Waals surface area contributed by atoms with E-state index in [0.717, 1.165) is 48.4 Å². The molecule has 0 unspecified atom stereocenters.